The number of carbonyl (C=O) groups excluding carboxylic acids is 1. The number of aliphatic hydroxyl groups excluding tert-OH is 3. The standard InChI is InChI=1S/C29H44O11/c1-14-20(30)21(31)22(32)24(36-14)37-16-6-9-26(2)15(12-16)4-5-18-17(26)7-10-27(3)19(8-11-28(18,27)34)29-13-35-23(33)25(38-29)39-40-29/h14-22,24-25,30-32,34H,4-13H2,1-3H3/t14-,15+,16-,17-,18+,19-,20-,21+,22+,24+,25-,26-,27+,28-,29-/m0/s1. The number of aliphatic hydroxyl groups is 4. The van der Waals surface area contributed by atoms with Gasteiger partial charge in [-0.2, -0.15) is 9.78 Å². The van der Waals surface area contributed by atoms with Crippen LogP contribution in [-0.2, 0) is 33.5 Å². The molecule has 3 aliphatic heterocycles. The first-order chi connectivity index (χ1) is 18.9. The molecule has 2 bridgehead atoms. The lowest BCUT2D eigenvalue weighted by atomic mass is 9.43. The van der Waals surface area contributed by atoms with E-state index in [9.17, 15) is 25.2 Å². The molecular weight excluding hydrogens is 524 g/mol. The van der Waals surface area contributed by atoms with Crippen molar-refractivity contribution in [1.82, 2.24) is 0 Å². The fraction of sp³-hybridized carbons (Fsp3) is 0.966. The van der Waals surface area contributed by atoms with Crippen LogP contribution in [0.25, 0.3) is 0 Å². The minimum Gasteiger partial charge on any atom is -0.456 e. The van der Waals surface area contributed by atoms with Gasteiger partial charge in [0, 0.05) is 11.3 Å². The fourth-order valence-corrected chi connectivity index (χ4v) is 10.3. The van der Waals surface area contributed by atoms with Crippen LogP contribution in [0.1, 0.15) is 78.6 Å². The van der Waals surface area contributed by atoms with E-state index in [1.54, 1.807) is 6.92 Å². The van der Waals surface area contributed by atoms with Crippen molar-refractivity contribution in [2.45, 2.75) is 133 Å². The van der Waals surface area contributed by atoms with Crippen molar-refractivity contribution in [3.8, 4) is 0 Å². The molecule has 3 heterocycles. The van der Waals surface area contributed by atoms with Crippen LogP contribution in [0, 0.1) is 34.5 Å². The lowest BCUT2D eigenvalue weighted by molar-refractivity contribution is -0.356. The van der Waals surface area contributed by atoms with Gasteiger partial charge in [0.15, 0.2) is 6.29 Å². The smallest absolute Gasteiger partial charge is 0.366 e. The zero-order valence-electron chi connectivity index (χ0n) is 23.6. The molecule has 4 aliphatic carbocycles. The SMILES string of the molecule is C[C@@H]1O[C@H](O[C@H]2CC[C@@]3(C)[C@H](CC[C@@H]4[C@@H]3CC[C@]3(C)[C@@H]([C@]56COC(=O)[C@H](OO5)O6)CC[C@]43O)C2)[C@H](O)[C@H](O)[C@H]1O. The Morgan fingerprint density at radius 1 is 0.925 bits per heavy atom. The zero-order valence-corrected chi connectivity index (χ0v) is 23.6. The van der Waals surface area contributed by atoms with Crippen molar-refractivity contribution in [2.24, 2.45) is 34.5 Å². The van der Waals surface area contributed by atoms with Crippen molar-refractivity contribution in [2.75, 3.05) is 6.61 Å². The third-order valence-corrected chi connectivity index (χ3v) is 12.7. The van der Waals surface area contributed by atoms with Gasteiger partial charge >= 0.3 is 5.97 Å². The molecule has 7 fully saturated rings. The molecule has 7 rings (SSSR count). The molecule has 0 aromatic heterocycles. The molecule has 4 saturated carbocycles. The highest BCUT2D eigenvalue weighted by molar-refractivity contribution is 5.74. The maximum atomic E-state index is 12.5. The fourth-order valence-electron chi connectivity index (χ4n) is 10.3. The molecule has 0 radical (unpaired) electrons. The summed E-state index contributed by atoms with van der Waals surface area (Å²) in [6, 6.07) is 0. The lowest BCUT2D eigenvalue weighted by Gasteiger charge is -2.64. The first-order valence-electron chi connectivity index (χ1n) is 15.2. The van der Waals surface area contributed by atoms with Gasteiger partial charge in [0.1, 0.15) is 24.9 Å². The van der Waals surface area contributed by atoms with E-state index < -0.39 is 59.8 Å². The number of esters is 1. The predicted molar refractivity (Wildman–Crippen MR) is 135 cm³/mol. The van der Waals surface area contributed by atoms with E-state index in [0.717, 1.165) is 44.9 Å². The van der Waals surface area contributed by atoms with Crippen LogP contribution in [0.15, 0.2) is 0 Å². The van der Waals surface area contributed by atoms with Crippen LogP contribution in [0.5, 0.6) is 0 Å². The van der Waals surface area contributed by atoms with Crippen molar-refractivity contribution < 1.29 is 53.9 Å². The van der Waals surface area contributed by atoms with Crippen molar-refractivity contribution in [3.63, 3.8) is 0 Å². The molecule has 4 N–H and O–H groups in total. The quantitative estimate of drug-likeness (QED) is 0.223. The van der Waals surface area contributed by atoms with Gasteiger partial charge in [0.25, 0.3) is 6.29 Å². The highest BCUT2D eigenvalue weighted by Gasteiger charge is 2.73. The number of cyclic esters (lactones) is 1. The number of ether oxygens (including phenoxy) is 4. The third-order valence-electron chi connectivity index (χ3n) is 12.7. The molecular formula is C29H44O11. The monoisotopic (exact) mass is 568 g/mol. The highest BCUT2D eigenvalue weighted by atomic mass is 17.3. The van der Waals surface area contributed by atoms with E-state index in [2.05, 4.69) is 13.8 Å². The van der Waals surface area contributed by atoms with E-state index in [0.29, 0.717) is 24.7 Å². The summed E-state index contributed by atoms with van der Waals surface area (Å²) in [6.07, 6.45) is 1.07. The van der Waals surface area contributed by atoms with Gasteiger partial charge < -0.3 is 39.4 Å². The molecule has 11 nitrogen and oxygen atoms in total. The Labute approximate surface area is 234 Å². The summed E-state index contributed by atoms with van der Waals surface area (Å²) in [5, 5.41) is 43.2. The van der Waals surface area contributed by atoms with Crippen LogP contribution in [-0.4, -0.2) is 87.5 Å². The Kier molecular flexibility index (Phi) is 6.49. The van der Waals surface area contributed by atoms with E-state index in [4.69, 9.17) is 28.7 Å². The minimum atomic E-state index is -1.30. The maximum absolute atomic E-state index is 12.5. The highest BCUT2D eigenvalue weighted by Crippen LogP contribution is 2.71. The number of rotatable bonds is 3. The summed E-state index contributed by atoms with van der Waals surface area (Å²) in [6.45, 7) is 6.19. The number of hydrogen-bond donors (Lipinski definition) is 4. The van der Waals surface area contributed by atoms with Gasteiger partial charge in [0.05, 0.1) is 17.8 Å². The molecule has 0 spiro atoms. The Balaban J connectivity index is 1.06. The molecule has 11 heteroatoms. The van der Waals surface area contributed by atoms with Gasteiger partial charge in [0.2, 0.25) is 5.79 Å². The first-order valence-corrected chi connectivity index (χ1v) is 15.2. The van der Waals surface area contributed by atoms with E-state index in [-0.39, 0.29) is 30.0 Å². The average molecular weight is 569 g/mol. The molecule has 40 heavy (non-hydrogen) atoms. The van der Waals surface area contributed by atoms with E-state index in [1.165, 1.54) is 0 Å². The summed E-state index contributed by atoms with van der Waals surface area (Å²) in [5.41, 5.74) is -1.29. The Hall–Kier alpha value is -0.890. The summed E-state index contributed by atoms with van der Waals surface area (Å²) >= 11 is 0. The van der Waals surface area contributed by atoms with Crippen LogP contribution in [0.3, 0.4) is 0 Å². The van der Waals surface area contributed by atoms with Crippen molar-refractivity contribution in [3.05, 3.63) is 0 Å². The van der Waals surface area contributed by atoms with Gasteiger partial charge in [-0.15, -0.1) is 0 Å². The number of hydrogen-bond acceptors (Lipinski definition) is 11. The average Bonchev–Trinajstić information content (AvgIpc) is 3.44. The van der Waals surface area contributed by atoms with Crippen molar-refractivity contribution >= 4 is 5.97 Å². The van der Waals surface area contributed by atoms with Crippen LogP contribution in [0.2, 0.25) is 0 Å². The predicted octanol–water partition coefficient (Wildman–Crippen LogP) is 1.53. The Bertz CT molecular complexity index is 1030. The number of carbonyl (C=O) groups is 1. The van der Waals surface area contributed by atoms with Gasteiger partial charge in [-0.3, -0.25) is 0 Å². The number of fused-ring (bicyclic) bond motifs is 7. The molecule has 0 amide bonds. The molecule has 7 aliphatic rings. The van der Waals surface area contributed by atoms with Crippen LogP contribution in [0.4, 0.5) is 0 Å². The minimum absolute atomic E-state index is 0.0257. The molecule has 0 aromatic carbocycles. The summed E-state index contributed by atoms with van der Waals surface area (Å²) in [7, 11) is 0. The second-order valence-corrected chi connectivity index (χ2v) is 14.2. The normalized spacial score (nSPS) is 59.5. The topological polar surface area (TPSA) is 153 Å². The zero-order chi connectivity index (χ0) is 28.2. The van der Waals surface area contributed by atoms with Gasteiger partial charge in [-0.1, -0.05) is 13.8 Å². The molecule has 3 saturated heterocycles. The van der Waals surface area contributed by atoms with Gasteiger partial charge in [-0.05, 0) is 87.9 Å². The van der Waals surface area contributed by atoms with Gasteiger partial charge in [-0.25, -0.2) is 4.79 Å². The second-order valence-electron chi connectivity index (χ2n) is 14.2. The second kappa shape index (κ2) is 9.30. The Morgan fingerprint density at radius 3 is 2.52 bits per heavy atom. The molecule has 0 unspecified atom stereocenters. The van der Waals surface area contributed by atoms with E-state index in [1.807, 2.05) is 0 Å². The largest absolute Gasteiger partial charge is 0.456 e. The van der Waals surface area contributed by atoms with Crippen LogP contribution >= 0.6 is 0 Å². The molecule has 15 atom stereocenters. The summed E-state index contributed by atoms with van der Waals surface area (Å²) < 4.78 is 23.3. The molecule has 0 aromatic rings. The summed E-state index contributed by atoms with van der Waals surface area (Å²) in [4.78, 5) is 22.8. The van der Waals surface area contributed by atoms with E-state index >= 15 is 0 Å². The summed E-state index contributed by atoms with van der Waals surface area (Å²) in [5.74, 6) is -0.969. The Morgan fingerprint density at radius 2 is 1.73 bits per heavy atom. The van der Waals surface area contributed by atoms with Crippen molar-refractivity contribution in [1.29, 1.82) is 0 Å². The lowest BCUT2D eigenvalue weighted by Crippen LogP contribution is -2.65. The third kappa shape index (κ3) is 3.72. The maximum Gasteiger partial charge on any atom is 0.366 e. The van der Waals surface area contributed by atoms with Crippen LogP contribution < -0.4 is 0 Å². The first kappa shape index (κ1) is 27.9. The molecule has 226 valence electrons.